The van der Waals surface area contributed by atoms with Gasteiger partial charge in [0.05, 0.1) is 11.6 Å². The molecule has 0 radical (unpaired) electrons. The van der Waals surface area contributed by atoms with Crippen LogP contribution in [0, 0.1) is 11.3 Å². The first-order valence-electron chi connectivity index (χ1n) is 6.76. The summed E-state index contributed by atoms with van der Waals surface area (Å²) in [5.41, 5.74) is 0.827. The molecule has 0 bridgehead atoms. The van der Waals surface area contributed by atoms with E-state index in [0.29, 0.717) is 30.8 Å². The van der Waals surface area contributed by atoms with Crippen molar-refractivity contribution in [2.45, 2.75) is 13.0 Å². The van der Waals surface area contributed by atoms with Gasteiger partial charge in [-0.15, -0.1) is 0 Å². The molecule has 2 N–H and O–H groups in total. The zero-order valence-corrected chi connectivity index (χ0v) is 11.8. The van der Waals surface area contributed by atoms with Crippen LogP contribution in [-0.4, -0.2) is 28.1 Å². The summed E-state index contributed by atoms with van der Waals surface area (Å²) in [6.07, 6.45) is 4.18. The van der Waals surface area contributed by atoms with E-state index in [0.717, 1.165) is 0 Å². The zero-order valence-electron chi connectivity index (χ0n) is 11.8. The summed E-state index contributed by atoms with van der Waals surface area (Å²) < 4.78 is 1.75. The molecule has 2 aromatic rings. The number of hydrogen-bond acceptors (Lipinski definition) is 4. The molecular weight excluding hydrogens is 282 g/mol. The summed E-state index contributed by atoms with van der Waals surface area (Å²) in [5, 5.41) is 17.8. The topological polar surface area (TPSA) is 99.8 Å². The van der Waals surface area contributed by atoms with Gasteiger partial charge in [0, 0.05) is 31.2 Å². The molecule has 0 unspecified atom stereocenters. The lowest BCUT2D eigenvalue weighted by atomic mass is 10.2. The number of aromatic nitrogens is 2. The first-order valence-corrected chi connectivity index (χ1v) is 6.76. The highest BCUT2D eigenvalue weighted by atomic mass is 16.2. The monoisotopic (exact) mass is 297 g/mol. The van der Waals surface area contributed by atoms with Crippen molar-refractivity contribution in [3.05, 3.63) is 48.3 Å². The second-order valence-corrected chi connectivity index (χ2v) is 4.53. The van der Waals surface area contributed by atoms with Crippen LogP contribution in [0.5, 0.6) is 0 Å². The maximum atomic E-state index is 11.7. The molecule has 1 heterocycles. The SMILES string of the molecule is N#Cc1cccc(NC(=O)C(=O)NCCCn2cccn2)c1. The van der Waals surface area contributed by atoms with Gasteiger partial charge in [0.25, 0.3) is 0 Å². The van der Waals surface area contributed by atoms with Gasteiger partial charge in [-0.05, 0) is 30.7 Å². The number of carbonyl (C=O) groups is 2. The Balaban J connectivity index is 1.74. The summed E-state index contributed by atoms with van der Waals surface area (Å²) in [6.45, 7) is 1.05. The van der Waals surface area contributed by atoms with Gasteiger partial charge in [0.1, 0.15) is 0 Å². The van der Waals surface area contributed by atoms with Crippen molar-refractivity contribution < 1.29 is 9.59 Å². The number of rotatable bonds is 5. The van der Waals surface area contributed by atoms with Crippen molar-refractivity contribution in [1.29, 1.82) is 5.26 Å². The average molecular weight is 297 g/mol. The van der Waals surface area contributed by atoms with Crippen molar-refractivity contribution >= 4 is 17.5 Å². The Hall–Kier alpha value is -3.14. The van der Waals surface area contributed by atoms with E-state index in [1.165, 1.54) is 6.07 Å². The van der Waals surface area contributed by atoms with Crippen LogP contribution in [0.2, 0.25) is 0 Å². The van der Waals surface area contributed by atoms with Crippen LogP contribution in [0.25, 0.3) is 0 Å². The van der Waals surface area contributed by atoms with E-state index >= 15 is 0 Å². The Morgan fingerprint density at radius 2 is 2.14 bits per heavy atom. The van der Waals surface area contributed by atoms with Crippen LogP contribution in [0.4, 0.5) is 5.69 Å². The number of aryl methyl sites for hydroxylation is 1. The van der Waals surface area contributed by atoms with Crippen LogP contribution in [0.1, 0.15) is 12.0 Å². The number of nitrogens with zero attached hydrogens (tertiary/aromatic N) is 3. The first-order chi connectivity index (χ1) is 10.7. The molecule has 112 valence electrons. The third kappa shape index (κ3) is 4.45. The summed E-state index contributed by atoms with van der Waals surface area (Å²) in [5.74, 6) is -1.46. The van der Waals surface area contributed by atoms with Gasteiger partial charge in [-0.3, -0.25) is 14.3 Å². The minimum absolute atomic E-state index is 0.379. The summed E-state index contributed by atoms with van der Waals surface area (Å²) in [4.78, 5) is 23.4. The molecule has 0 spiro atoms. The largest absolute Gasteiger partial charge is 0.348 e. The lowest BCUT2D eigenvalue weighted by molar-refractivity contribution is -0.136. The second-order valence-electron chi connectivity index (χ2n) is 4.53. The van der Waals surface area contributed by atoms with Crippen molar-refractivity contribution in [3.8, 4) is 6.07 Å². The van der Waals surface area contributed by atoms with Crippen molar-refractivity contribution in [3.63, 3.8) is 0 Å². The molecule has 0 saturated carbocycles. The third-order valence-corrected chi connectivity index (χ3v) is 2.86. The molecule has 0 aliphatic heterocycles. The maximum absolute atomic E-state index is 11.7. The first kappa shape index (κ1) is 15.3. The number of carbonyl (C=O) groups excluding carboxylic acids is 2. The minimum atomic E-state index is -0.755. The van der Waals surface area contributed by atoms with Crippen molar-refractivity contribution in [2.75, 3.05) is 11.9 Å². The van der Waals surface area contributed by atoms with Gasteiger partial charge in [-0.1, -0.05) is 6.07 Å². The van der Waals surface area contributed by atoms with Gasteiger partial charge in [0.2, 0.25) is 0 Å². The Morgan fingerprint density at radius 1 is 1.27 bits per heavy atom. The molecular formula is C15H15N5O2. The number of nitrogens with one attached hydrogen (secondary N) is 2. The average Bonchev–Trinajstić information content (AvgIpc) is 3.04. The molecule has 0 fully saturated rings. The maximum Gasteiger partial charge on any atom is 0.313 e. The molecule has 2 rings (SSSR count). The predicted molar refractivity (Wildman–Crippen MR) is 79.6 cm³/mol. The Bertz CT molecular complexity index is 688. The van der Waals surface area contributed by atoms with Crippen LogP contribution in [0.3, 0.4) is 0 Å². The van der Waals surface area contributed by atoms with Crippen molar-refractivity contribution in [2.24, 2.45) is 0 Å². The van der Waals surface area contributed by atoms with Crippen LogP contribution < -0.4 is 10.6 Å². The number of hydrogen-bond donors (Lipinski definition) is 2. The zero-order chi connectivity index (χ0) is 15.8. The van der Waals surface area contributed by atoms with Gasteiger partial charge < -0.3 is 10.6 Å². The normalized spacial score (nSPS) is 9.77. The van der Waals surface area contributed by atoms with E-state index in [1.54, 1.807) is 29.1 Å². The number of amides is 2. The molecule has 0 saturated heterocycles. The van der Waals surface area contributed by atoms with E-state index < -0.39 is 11.8 Å². The predicted octanol–water partition coefficient (Wildman–Crippen LogP) is 0.900. The van der Waals surface area contributed by atoms with E-state index in [-0.39, 0.29) is 0 Å². The Kier molecular flexibility index (Phi) is 5.26. The van der Waals surface area contributed by atoms with Crippen molar-refractivity contribution in [1.82, 2.24) is 15.1 Å². The smallest absolute Gasteiger partial charge is 0.313 e. The van der Waals surface area contributed by atoms with E-state index in [4.69, 9.17) is 5.26 Å². The van der Waals surface area contributed by atoms with Gasteiger partial charge in [-0.2, -0.15) is 10.4 Å². The van der Waals surface area contributed by atoms with Gasteiger partial charge in [0.15, 0.2) is 0 Å². The molecule has 22 heavy (non-hydrogen) atoms. The van der Waals surface area contributed by atoms with Crippen LogP contribution >= 0.6 is 0 Å². The fraction of sp³-hybridized carbons (Fsp3) is 0.200. The third-order valence-electron chi connectivity index (χ3n) is 2.86. The fourth-order valence-corrected chi connectivity index (χ4v) is 1.81. The molecule has 0 atom stereocenters. The molecule has 0 aliphatic carbocycles. The number of nitriles is 1. The number of anilines is 1. The quantitative estimate of drug-likeness (QED) is 0.632. The summed E-state index contributed by atoms with van der Waals surface area (Å²) in [7, 11) is 0. The highest BCUT2D eigenvalue weighted by molar-refractivity contribution is 6.39. The molecule has 0 aliphatic rings. The van der Waals surface area contributed by atoms with E-state index in [2.05, 4.69) is 15.7 Å². The Morgan fingerprint density at radius 3 is 2.86 bits per heavy atom. The van der Waals surface area contributed by atoms with E-state index in [1.807, 2.05) is 18.3 Å². The molecule has 1 aromatic carbocycles. The lowest BCUT2D eigenvalue weighted by Gasteiger charge is -2.07. The minimum Gasteiger partial charge on any atom is -0.348 e. The van der Waals surface area contributed by atoms with Gasteiger partial charge >= 0.3 is 11.8 Å². The molecule has 7 heteroatoms. The second kappa shape index (κ2) is 7.59. The number of benzene rings is 1. The lowest BCUT2D eigenvalue weighted by Crippen LogP contribution is -2.36. The molecule has 7 nitrogen and oxygen atoms in total. The van der Waals surface area contributed by atoms with Gasteiger partial charge in [-0.25, -0.2) is 0 Å². The summed E-state index contributed by atoms with van der Waals surface area (Å²) >= 11 is 0. The molecule has 2 amide bonds. The molecule has 1 aromatic heterocycles. The standard InChI is InChI=1S/C15H15N5O2/c16-11-12-4-1-5-13(10-12)19-15(22)14(21)17-6-2-8-20-9-3-7-18-20/h1,3-5,7,9-10H,2,6,8H2,(H,17,21)(H,19,22). The highest BCUT2D eigenvalue weighted by Gasteiger charge is 2.13. The Labute approximate surface area is 127 Å². The fourth-order valence-electron chi connectivity index (χ4n) is 1.81. The van der Waals surface area contributed by atoms with Crippen LogP contribution in [0.15, 0.2) is 42.7 Å². The van der Waals surface area contributed by atoms with E-state index in [9.17, 15) is 9.59 Å². The highest BCUT2D eigenvalue weighted by Crippen LogP contribution is 2.09. The summed E-state index contributed by atoms with van der Waals surface area (Å²) in [6, 6.07) is 10.2. The van der Waals surface area contributed by atoms with Crippen LogP contribution in [-0.2, 0) is 16.1 Å².